The van der Waals surface area contributed by atoms with Gasteiger partial charge in [0.15, 0.2) is 0 Å². The molecule has 0 spiro atoms. The molecule has 190 valence electrons. The van der Waals surface area contributed by atoms with E-state index in [-0.39, 0.29) is 5.56 Å². The molecule has 0 bridgehead atoms. The Kier molecular flexibility index (Phi) is 8.22. The molecule has 35 heavy (non-hydrogen) atoms. The molecule has 0 aliphatic carbocycles. The summed E-state index contributed by atoms with van der Waals surface area (Å²) in [4.78, 5) is 22.9. The number of aromatic amines is 1. The first kappa shape index (κ1) is 25.4. The smallest absolute Gasteiger partial charge is 0.260 e. The first-order valence-corrected chi connectivity index (χ1v) is 13.0. The molecule has 0 amide bonds. The van der Waals surface area contributed by atoms with Crippen molar-refractivity contribution in [3.63, 3.8) is 0 Å². The lowest BCUT2D eigenvalue weighted by molar-refractivity contribution is 0.0395. The van der Waals surface area contributed by atoms with Gasteiger partial charge in [-0.1, -0.05) is 6.92 Å². The number of morpholine rings is 1. The Hall–Kier alpha value is -2.73. The topological polar surface area (TPSA) is 116 Å². The molecule has 0 radical (unpaired) electrons. The van der Waals surface area contributed by atoms with E-state index in [0.717, 1.165) is 31.6 Å². The van der Waals surface area contributed by atoms with Gasteiger partial charge in [0, 0.05) is 55.9 Å². The normalized spacial score (nSPS) is 15.4. The zero-order chi connectivity index (χ0) is 24.9. The van der Waals surface area contributed by atoms with Gasteiger partial charge in [-0.05, 0) is 44.0 Å². The fourth-order valence-corrected chi connectivity index (χ4v) is 4.93. The second-order valence-corrected chi connectivity index (χ2v) is 9.38. The van der Waals surface area contributed by atoms with Gasteiger partial charge in [0.1, 0.15) is 17.2 Å². The van der Waals surface area contributed by atoms with Crippen LogP contribution in [0.4, 0.5) is 5.69 Å². The summed E-state index contributed by atoms with van der Waals surface area (Å²) in [6.07, 6.45) is 2.84. The minimum Gasteiger partial charge on any atom is -0.755 e. The molecule has 1 aliphatic rings. The fourth-order valence-electron chi connectivity index (χ4n) is 4.41. The monoisotopic (exact) mass is 502 g/mol. The van der Waals surface area contributed by atoms with Crippen LogP contribution in [0.1, 0.15) is 25.8 Å². The Labute approximate surface area is 207 Å². The lowest BCUT2D eigenvalue weighted by atomic mass is 10.1. The summed E-state index contributed by atoms with van der Waals surface area (Å²) in [6, 6.07) is 5.15. The Balaban J connectivity index is 1.75. The Morgan fingerprint density at radius 2 is 2.03 bits per heavy atom. The number of rotatable bonds is 10. The molecule has 4 rings (SSSR count). The average molecular weight is 503 g/mol. The van der Waals surface area contributed by atoms with Crippen LogP contribution < -0.4 is 14.6 Å². The van der Waals surface area contributed by atoms with E-state index in [1.165, 1.54) is 4.31 Å². The van der Waals surface area contributed by atoms with Crippen molar-refractivity contribution in [2.45, 2.75) is 33.7 Å². The molecule has 2 aromatic heterocycles. The van der Waals surface area contributed by atoms with Gasteiger partial charge in [-0.3, -0.25) is 13.9 Å². The van der Waals surface area contributed by atoms with E-state index in [1.54, 1.807) is 18.2 Å². The van der Waals surface area contributed by atoms with Crippen molar-refractivity contribution >= 4 is 28.0 Å². The lowest BCUT2D eigenvalue weighted by Gasteiger charge is -2.32. The molecule has 3 heterocycles. The highest BCUT2D eigenvalue weighted by molar-refractivity contribution is 7.80. The van der Waals surface area contributed by atoms with E-state index < -0.39 is 11.3 Å². The Bertz CT molecular complexity index is 1250. The molecule has 1 unspecified atom stereocenters. The van der Waals surface area contributed by atoms with Crippen LogP contribution >= 0.6 is 0 Å². The molecule has 1 N–H and O–H groups in total. The fraction of sp³-hybridized carbons (Fsp3) is 0.500. The molecular formula is C24H32N5O5S-. The number of anilines is 1. The highest BCUT2D eigenvalue weighted by Gasteiger charge is 2.19. The van der Waals surface area contributed by atoms with Gasteiger partial charge in [0.05, 0.1) is 30.8 Å². The third kappa shape index (κ3) is 5.58. The van der Waals surface area contributed by atoms with Crippen LogP contribution in [0.25, 0.3) is 22.4 Å². The second kappa shape index (κ2) is 11.3. The van der Waals surface area contributed by atoms with E-state index in [4.69, 9.17) is 14.5 Å². The molecule has 3 aromatic rings. The van der Waals surface area contributed by atoms with Crippen LogP contribution in [-0.4, -0.2) is 74.2 Å². The third-order valence-electron chi connectivity index (χ3n) is 6.09. The first-order chi connectivity index (χ1) is 16.9. The lowest BCUT2D eigenvalue weighted by Crippen LogP contribution is -2.42. The van der Waals surface area contributed by atoms with E-state index in [9.17, 15) is 13.6 Å². The number of benzene rings is 1. The second-order valence-electron chi connectivity index (χ2n) is 8.51. The molecule has 1 fully saturated rings. The molecule has 0 saturated carbocycles. The molecular weight excluding hydrogens is 470 g/mol. The van der Waals surface area contributed by atoms with Crippen molar-refractivity contribution < 1.29 is 18.2 Å². The maximum absolute atomic E-state index is 13.0. The minimum absolute atomic E-state index is 0.234. The Morgan fingerprint density at radius 3 is 2.71 bits per heavy atom. The van der Waals surface area contributed by atoms with Gasteiger partial charge >= 0.3 is 0 Å². The standard InChI is InChI=1S/C24H33N5O5S/c1-4-8-28-16-17(3)21-23(28)25-22(26-24(21)30)19-15-18(6-7-20(19)34-5-2)29(35(31)32)10-9-27-11-13-33-14-12-27/h6-7,15-16H,4-5,8-14H2,1-3H3,(H,31,32)(H,25,26,30)/p-1. The van der Waals surface area contributed by atoms with Crippen molar-refractivity contribution in [1.82, 2.24) is 19.4 Å². The van der Waals surface area contributed by atoms with Crippen molar-refractivity contribution in [2.75, 3.05) is 50.3 Å². The molecule has 11 heteroatoms. The van der Waals surface area contributed by atoms with Crippen LogP contribution in [-0.2, 0) is 22.5 Å². The van der Waals surface area contributed by atoms with E-state index in [0.29, 0.717) is 66.8 Å². The van der Waals surface area contributed by atoms with E-state index >= 15 is 0 Å². The molecule has 1 atom stereocenters. The van der Waals surface area contributed by atoms with Crippen molar-refractivity contribution in [3.05, 3.63) is 40.3 Å². The highest BCUT2D eigenvalue weighted by Crippen LogP contribution is 2.33. The van der Waals surface area contributed by atoms with Crippen molar-refractivity contribution in [1.29, 1.82) is 0 Å². The number of nitrogens with zero attached hydrogens (tertiary/aromatic N) is 4. The quantitative estimate of drug-likeness (QED) is 0.423. The predicted molar refractivity (Wildman–Crippen MR) is 136 cm³/mol. The van der Waals surface area contributed by atoms with Gasteiger partial charge in [-0.25, -0.2) is 4.98 Å². The van der Waals surface area contributed by atoms with E-state index in [2.05, 4.69) is 16.8 Å². The maximum atomic E-state index is 13.0. The zero-order valence-electron chi connectivity index (χ0n) is 20.4. The third-order valence-corrected chi connectivity index (χ3v) is 6.84. The molecule has 1 aromatic carbocycles. The van der Waals surface area contributed by atoms with Crippen molar-refractivity contribution in [3.8, 4) is 17.1 Å². The molecule has 1 saturated heterocycles. The van der Waals surface area contributed by atoms with Crippen LogP contribution in [0, 0.1) is 6.92 Å². The number of fused-ring (bicyclic) bond motifs is 1. The first-order valence-electron chi connectivity index (χ1n) is 12.0. The predicted octanol–water partition coefficient (Wildman–Crippen LogP) is 2.44. The summed E-state index contributed by atoms with van der Waals surface area (Å²) < 4.78 is 38.8. The maximum Gasteiger partial charge on any atom is 0.260 e. The van der Waals surface area contributed by atoms with Gasteiger partial charge in [0.25, 0.3) is 5.56 Å². The Morgan fingerprint density at radius 1 is 1.26 bits per heavy atom. The number of aromatic nitrogens is 3. The summed E-state index contributed by atoms with van der Waals surface area (Å²) in [5.41, 5.74) is 2.25. The van der Waals surface area contributed by atoms with Crippen molar-refractivity contribution in [2.24, 2.45) is 0 Å². The summed E-state index contributed by atoms with van der Waals surface area (Å²) in [5.74, 6) is 0.863. The summed E-state index contributed by atoms with van der Waals surface area (Å²) in [7, 11) is 0. The van der Waals surface area contributed by atoms with Crippen LogP contribution in [0.15, 0.2) is 29.2 Å². The largest absolute Gasteiger partial charge is 0.755 e. The molecule has 10 nitrogen and oxygen atoms in total. The van der Waals surface area contributed by atoms with E-state index in [1.807, 2.05) is 24.6 Å². The van der Waals surface area contributed by atoms with Gasteiger partial charge in [-0.15, -0.1) is 0 Å². The summed E-state index contributed by atoms with van der Waals surface area (Å²) in [6.45, 7) is 10.7. The van der Waals surface area contributed by atoms with Gasteiger partial charge in [0.2, 0.25) is 0 Å². The molecule has 1 aliphatic heterocycles. The van der Waals surface area contributed by atoms with Gasteiger partial charge in [-0.2, -0.15) is 0 Å². The average Bonchev–Trinajstić information content (AvgIpc) is 3.16. The SMILES string of the molecule is CCCn1cc(C)c2c(=O)[nH]c(-c3cc(N(CCN4CCOCC4)S(=O)[O-])ccc3OCC)nc21. The van der Waals surface area contributed by atoms with Gasteiger partial charge < -0.3 is 27.9 Å². The zero-order valence-corrected chi connectivity index (χ0v) is 21.2. The van der Waals surface area contributed by atoms with Crippen LogP contribution in [0.5, 0.6) is 5.75 Å². The number of nitrogens with one attached hydrogen (secondary N) is 1. The number of aryl methyl sites for hydroxylation is 2. The summed E-state index contributed by atoms with van der Waals surface area (Å²) >= 11 is -2.48. The van der Waals surface area contributed by atoms with Crippen LogP contribution in [0.2, 0.25) is 0 Å². The van der Waals surface area contributed by atoms with Crippen LogP contribution in [0.3, 0.4) is 0 Å². The number of H-pyrrole nitrogens is 1. The number of hydrogen-bond donors (Lipinski definition) is 1. The summed E-state index contributed by atoms with van der Waals surface area (Å²) in [5, 5.41) is 0.559. The highest BCUT2D eigenvalue weighted by atomic mass is 32.2. The number of ether oxygens (including phenoxy) is 2. The minimum atomic E-state index is -2.48. The number of hydrogen-bond acceptors (Lipinski definition) is 7.